The van der Waals surface area contributed by atoms with E-state index in [1.807, 2.05) is 21.1 Å². The van der Waals surface area contributed by atoms with Crippen molar-refractivity contribution in [3.8, 4) is 0 Å². The van der Waals surface area contributed by atoms with Gasteiger partial charge in [0.1, 0.15) is 25.8 Å². The average molecular weight is 648 g/mol. The highest BCUT2D eigenvalue weighted by Gasteiger charge is 2.28. The second-order valence-corrected chi connectivity index (χ2v) is 14.0. The molecule has 3 atom stereocenters. The first-order valence-corrected chi connectivity index (χ1v) is 17.9. The number of carbonyl (C=O) groups excluding carboxylic acids is 2. The Morgan fingerprint density at radius 2 is 1.50 bits per heavy atom. The molecule has 0 aromatic carbocycles. The molecular weight excluding hydrogens is 587 g/mol. The van der Waals surface area contributed by atoms with Gasteiger partial charge in [-0.3, -0.25) is 18.6 Å². The lowest BCUT2D eigenvalue weighted by Gasteiger charge is -2.24. The molecule has 256 valence electrons. The summed E-state index contributed by atoms with van der Waals surface area (Å²) in [7, 11) is 1.33. The van der Waals surface area contributed by atoms with E-state index in [9.17, 15) is 19.0 Å². The standard InChI is InChI=1S/C31H59N4O8P/c1-5-6-7-8-9-10-11-12-13-14-15-16-17-18-19-30(36)40-24-28(25-42-44(38,39)41-21-20-35(2,3)4)43-31(37)29(32)22-27-23-33-26-34-27/h23,26,28-29H,5-22,24-25,32H2,1-4H3,(H-,33,34,38,39)/p+1/t28-,29?/m1/s1. The Morgan fingerprint density at radius 3 is 2.02 bits per heavy atom. The number of unbranched alkanes of at least 4 members (excludes halogenated alkanes) is 13. The molecule has 13 heteroatoms. The fourth-order valence-electron chi connectivity index (χ4n) is 4.45. The van der Waals surface area contributed by atoms with Gasteiger partial charge in [-0.05, 0) is 6.42 Å². The number of esters is 2. The molecule has 0 radical (unpaired) electrons. The highest BCUT2D eigenvalue weighted by atomic mass is 31.2. The zero-order chi connectivity index (χ0) is 32.7. The molecule has 12 nitrogen and oxygen atoms in total. The molecule has 0 saturated carbocycles. The fourth-order valence-corrected chi connectivity index (χ4v) is 5.19. The zero-order valence-corrected chi connectivity index (χ0v) is 28.6. The van der Waals surface area contributed by atoms with Crippen LogP contribution in [0.5, 0.6) is 0 Å². The largest absolute Gasteiger partial charge is 0.472 e. The zero-order valence-electron chi connectivity index (χ0n) is 27.7. The van der Waals surface area contributed by atoms with E-state index in [-0.39, 0.29) is 26.1 Å². The van der Waals surface area contributed by atoms with Crippen LogP contribution >= 0.6 is 7.82 Å². The van der Waals surface area contributed by atoms with Gasteiger partial charge in [-0.25, -0.2) is 9.55 Å². The minimum atomic E-state index is -4.42. The van der Waals surface area contributed by atoms with Gasteiger partial charge in [0.2, 0.25) is 0 Å². The average Bonchev–Trinajstić information content (AvgIpc) is 3.46. The number of ether oxygens (including phenoxy) is 2. The summed E-state index contributed by atoms with van der Waals surface area (Å²) in [5.41, 5.74) is 6.61. The molecule has 1 aromatic heterocycles. The van der Waals surface area contributed by atoms with Crippen molar-refractivity contribution in [3.63, 3.8) is 0 Å². The third kappa shape index (κ3) is 22.7. The summed E-state index contributed by atoms with van der Waals surface area (Å²) in [6.07, 6.45) is 19.4. The van der Waals surface area contributed by atoms with E-state index >= 15 is 0 Å². The number of nitrogens with two attached hydrogens (primary N) is 1. The molecule has 2 unspecified atom stereocenters. The maximum atomic E-state index is 12.6. The minimum absolute atomic E-state index is 0.00896. The van der Waals surface area contributed by atoms with Crippen LogP contribution in [-0.4, -0.2) is 90.9 Å². The van der Waals surface area contributed by atoms with Gasteiger partial charge in [0.05, 0.1) is 34.1 Å². The number of nitrogens with zero attached hydrogens (tertiary/aromatic N) is 2. The van der Waals surface area contributed by atoms with Gasteiger partial charge in [0, 0.05) is 24.7 Å². The number of phosphoric acid groups is 1. The van der Waals surface area contributed by atoms with E-state index in [0.717, 1.165) is 19.3 Å². The van der Waals surface area contributed by atoms with E-state index in [0.29, 0.717) is 23.1 Å². The number of imidazole rings is 1. The van der Waals surface area contributed by atoms with E-state index < -0.39 is 38.5 Å². The number of carbonyl (C=O) groups is 2. The lowest BCUT2D eigenvalue weighted by Crippen LogP contribution is -2.39. The highest BCUT2D eigenvalue weighted by molar-refractivity contribution is 7.47. The summed E-state index contributed by atoms with van der Waals surface area (Å²) in [6, 6.07) is -1.02. The molecule has 1 heterocycles. The SMILES string of the molecule is CCCCCCCCCCCCCCCCC(=O)OC[C@H](COP(=O)(O)OCC[N+](C)(C)C)OC(=O)C(N)Cc1cnc[nH]1. The molecule has 44 heavy (non-hydrogen) atoms. The monoisotopic (exact) mass is 647 g/mol. The topological polar surface area (TPSA) is 163 Å². The van der Waals surface area contributed by atoms with Crippen LogP contribution in [-0.2, 0) is 39.1 Å². The van der Waals surface area contributed by atoms with E-state index in [2.05, 4.69) is 16.9 Å². The molecular formula is C31H60N4O8P+. The Bertz CT molecular complexity index is 926. The number of rotatable bonds is 28. The lowest BCUT2D eigenvalue weighted by atomic mass is 10.0. The first-order valence-electron chi connectivity index (χ1n) is 16.4. The van der Waals surface area contributed by atoms with Gasteiger partial charge in [0.15, 0.2) is 6.10 Å². The Morgan fingerprint density at radius 1 is 0.932 bits per heavy atom. The molecule has 0 fully saturated rings. The maximum absolute atomic E-state index is 12.6. The van der Waals surface area contributed by atoms with Gasteiger partial charge in [0.25, 0.3) is 0 Å². The van der Waals surface area contributed by atoms with Crippen molar-refractivity contribution < 1.29 is 42.1 Å². The second kappa shape index (κ2) is 23.5. The highest BCUT2D eigenvalue weighted by Crippen LogP contribution is 2.43. The van der Waals surface area contributed by atoms with Gasteiger partial charge < -0.3 is 29.6 Å². The number of likely N-dealkylation sites (N-methyl/N-ethyl adjacent to an activating group) is 1. The van der Waals surface area contributed by atoms with E-state index in [1.54, 1.807) is 6.20 Å². The quantitative estimate of drug-likeness (QED) is 0.0462. The van der Waals surface area contributed by atoms with Crippen LogP contribution in [0.1, 0.15) is 109 Å². The predicted molar refractivity (Wildman–Crippen MR) is 171 cm³/mol. The van der Waals surface area contributed by atoms with Crippen molar-refractivity contribution in [2.75, 3.05) is 47.5 Å². The molecule has 1 aromatic rings. The molecule has 0 amide bonds. The van der Waals surface area contributed by atoms with Crippen molar-refractivity contribution in [2.24, 2.45) is 5.73 Å². The molecule has 0 aliphatic heterocycles. The Balaban J connectivity index is 2.36. The summed E-state index contributed by atoms with van der Waals surface area (Å²) in [4.78, 5) is 41.8. The fraction of sp³-hybridized carbons (Fsp3) is 0.839. The molecule has 1 rings (SSSR count). The van der Waals surface area contributed by atoms with Gasteiger partial charge in [-0.2, -0.15) is 0 Å². The summed E-state index contributed by atoms with van der Waals surface area (Å²) < 4.78 is 33.7. The lowest BCUT2D eigenvalue weighted by molar-refractivity contribution is -0.870. The van der Waals surface area contributed by atoms with Crippen molar-refractivity contribution in [3.05, 3.63) is 18.2 Å². The van der Waals surface area contributed by atoms with Gasteiger partial charge in [-0.15, -0.1) is 0 Å². The Kier molecular flexibility index (Phi) is 21.5. The number of hydrogen-bond donors (Lipinski definition) is 3. The summed E-state index contributed by atoms with van der Waals surface area (Å²) in [5.74, 6) is -1.20. The molecule has 0 saturated heterocycles. The summed E-state index contributed by atoms with van der Waals surface area (Å²) in [5, 5.41) is 0. The first kappa shape index (κ1) is 40.2. The number of nitrogens with one attached hydrogen (secondary N) is 1. The summed E-state index contributed by atoms with van der Waals surface area (Å²) >= 11 is 0. The Hall–Kier alpha value is -1.82. The number of hydrogen-bond acceptors (Lipinski definition) is 9. The van der Waals surface area contributed by atoms with Crippen LogP contribution in [0, 0.1) is 0 Å². The van der Waals surface area contributed by atoms with E-state index in [4.69, 9.17) is 24.3 Å². The van der Waals surface area contributed by atoms with Crippen LogP contribution in [0.25, 0.3) is 0 Å². The van der Waals surface area contributed by atoms with Crippen molar-refractivity contribution in [1.82, 2.24) is 9.97 Å². The third-order valence-corrected chi connectivity index (χ3v) is 8.17. The molecule has 0 bridgehead atoms. The number of H-pyrrole nitrogens is 1. The molecule has 0 aliphatic rings. The van der Waals surface area contributed by atoms with Crippen LogP contribution in [0.3, 0.4) is 0 Å². The second-order valence-electron chi connectivity index (χ2n) is 12.6. The molecule has 4 N–H and O–H groups in total. The number of aromatic amines is 1. The van der Waals surface area contributed by atoms with Crippen LogP contribution in [0.15, 0.2) is 12.5 Å². The summed E-state index contributed by atoms with van der Waals surface area (Å²) in [6.45, 7) is 1.87. The van der Waals surface area contributed by atoms with E-state index in [1.165, 1.54) is 70.5 Å². The first-order chi connectivity index (χ1) is 20.9. The van der Waals surface area contributed by atoms with Gasteiger partial charge >= 0.3 is 19.8 Å². The number of phosphoric ester groups is 1. The van der Waals surface area contributed by atoms with Crippen LogP contribution in [0.4, 0.5) is 0 Å². The van der Waals surface area contributed by atoms with Gasteiger partial charge in [-0.1, -0.05) is 90.4 Å². The van der Waals surface area contributed by atoms with Crippen molar-refractivity contribution in [2.45, 2.75) is 122 Å². The third-order valence-electron chi connectivity index (χ3n) is 7.19. The molecule has 0 aliphatic carbocycles. The van der Waals surface area contributed by atoms with Crippen LogP contribution in [0.2, 0.25) is 0 Å². The van der Waals surface area contributed by atoms with Crippen molar-refractivity contribution in [1.29, 1.82) is 0 Å². The van der Waals surface area contributed by atoms with Crippen molar-refractivity contribution >= 4 is 19.8 Å². The Labute approximate surface area is 265 Å². The molecule has 0 spiro atoms. The smallest absolute Gasteiger partial charge is 0.462 e. The van der Waals surface area contributed by atoms with Crippen LogP contribution < -0.4 is 5.73 Å². The normalized spacial score (nSPS) is 14.6. The minimum Gasteiger partial charge on any atom is -0.462 e. The maximum Gasteiger partial charge on any atom is 0.472 e. The number of quaternary nitrogens is 1. The number of aromatic nitrogens is 2. The predicted octanol–water partition coefficient (Wildman–Crippen LogP) is 5.45.